The molecule has 2 radical (unpaired) electrons. The fourth-order valence-electron chi connectivity index (χ4n) is 3.23. The van der Waals surface area contributed by atoms with Crippen molar-refractivity contribution in [2.45, 2.75) is 31.1 Å². The molecule has 4 N–H and O–H groups in total. The highest BCUT2D eigenvalue weighted by Crippen LogP contribution is 2.67. The Morgan fingerprint density at radius 1 is 1.15 bits per heavy atom. The smallest absolute Gasteiger partial charge is 0.376 e. The van der Waals surface area contributed by atoms with Crippen LogP contribution in [0.4, 0.5) is 0 Å². The van der Waals surface area contributed by atoms with Gasteiger partial charge in [-0.3, -0.25) is 4.52 Å². The Bertz CT molecular complexity index is 1140. The quantitative estimate of drug-likeness (QED) is 0.216. The van der Waals surface area contributed by atoms with Crippen molar-refractivity contribution in [3.05, 3.63) is 29.8 Å². The van der Waals surface area contributed by atoms with E-state index in [2.05, 4.69) is 25.0 Å². The van der Waals surface area contributed by atoms with Crippen molar-refractivity contribution in [3.8, 4) is 5.75 Å². The number of rotatable bonds is 11. The Morgan fingerprint density at radius 3 is 2.33 bits per heavy atom. The summed E-state index contributed by atoms with van der Waals surface area (Å²) in [7, 11) is -9.81. The van der Waals surface area contributed by atoms with Crippen LogP contribution in [0.1, 0.15) is 12.0 Å². The van der Waals surface area contributed by atoms with Gasteiger partial charge in [0.15, 0.2) is 0 Å². The second-order valence-electron chi connectivity index (χ2n) is 7.14. The van der Waals surface area contributed by atoms with Crippen LogP contribution in [-0.2, 0) is 53.4 Å². The van der Waals surface area contributed by atoms with E-state index in [1.807, 2.05) is 0 Å². The predicted molar refractivity (Wildman–Crippen MR) is 114 cm³/mol. The van der Waals surface area contributed by atoms with Crippen molar-refractivity contribution in [1.82, 2.24) is 0 Å². The predicted octanol–water partition coefficient (Wildman–Crippen LogP) is 0.747. The maximum Gasteiger partial charge on any atom is 0.488 e. The molecule has 0 spiro atoms. The maximum absolute atomic E-state index is 12.3. The Kier molecular flexibility index (Phi) is 7.75. The van der Waals surface area contributed by atoms with Gasteiger partial charge in [0.2, 0.25) is 0 Å². The number of benzene rings is 1. The highest BCUT2D eigenvalue weighted by atomic mass is 32.5. The molecule has 6 unspecified atom stereocenters. The average Bonchev–Trinajstić information content (AvgIpc) is 2.99. The molecule has 2 fully saturated rings. The van der Waals surface area contributed by atoms with Gasteiger partial charge < -0.3 is 28.5 Å². The molecular formula is C13H18BO14P3S2. The zero-order valence-corrected chi connectivity index (χ0v) is 20.9. The van der Waals surface area contributed by atoms with Crippen molar-refractivity contribution in [1.29, 1.82) is 0 Å². The van der Waals surface area contributed by atoms with E-state index in [1.165, 1.54) is 12.1 Å². The first-order valence-electron chi connectivity index (χ1n) is 8.83. The zero-order chi connectivity index (χ0) is 24.9. The monoisotopic (exact) mass is 566 g/mol. The van der Waals surface area contributed by atoms with Gasteiger partial charge in [-0.2, -0.15) is 12.7 Å². The highest BCUT2D eigenvalue weighted by molar-refractivity contribution is 8.08. The van der Waals surface area contributed by atoms with Crippen LogP contribution in [0.3, 0.4) is 0 Å². The molecule has 2 aliphatic rings. The summed E-state index contributed by atoms with van der Waals surface area (Å²) in [6.07, 6.45) is -1.12. The van der Waals surface area contributed by atoms with Gasteiger partial charge in [0.05, 0.1) is 6.61 Å². The summed E-state index contributed by atoms with van der Waals surface area (Å²) >= 11 is 3.99. The lowest BCUT2D eigenvalue weighted by Crippen LogP contribution is -2.31. The summed E-state index contributed by atoms with van der Waals surface area (Å²) in [5.74, 6) is -0.711. The third-order valence-electron chi connectivity index (χ3n) is 4.53. The van der Waals surface area contributed by atoms with Crippen LogP contribution in [-0.4, -0.2) is 60.2 Å². The summed E-state index contributed by atoms with van der Waals surface area (Å²) in [6, 6.07) is 5.16. The molecule has 1 saturated heterocycles. The van der Waals surface area contributed by atoms with E-state index in [1.54, 1.807) is 19.1 Å². The molecule has 3 rings (SSSR count). The minimum atomic E-state index is -5.51. The molecule has 1 aromatic rings. The molecule has 1 heterocycles. The molecule has 1 aliphatic heterocycles. The topological polar surface area (TPSA) is 205 Å². The van der Waals surface area contributed by atoms with Crippen molar-refractivity contribution < 1.29 is 63.4 Å². The van der Waals surface area contributed by atoms with Gasteiger partial charge in [0.25, 0.3) is 0 Å². The van der Waals surface area contributed by atoms with E-state index in [4.69, 9.17) is 30.7 Å². The second-order valence-corrected chi connectivity index (χ2v) is 14.2. The van der Waals surface area contributed by atoms with E-state index in [-0.39, 0.29) is 12.2 Å². The number of phosphoric ester groups is 1. The molecule has 0 amide bonds. The third-order valence-corrected chi connectivity index (χ3v) is 9.75. The highest BCUT2D eigenvalue weighted by Gasteiger charge is 2.74. The van der Waals surface area contributed by atoms with Crippen molar-refractivity contribution in [2.24, 2.45) is 5.92 Å². The van der Waals surface area contributed by atoms with E-state index in [0.717, 1.165) is 5.56 Å². The van der Waals surface area contributed by atoms with Crippen LogP contribution in [0, 0.1) is 12.8 Å². The van der Waals surface area contributed by atoms with Crippen LogP contribution < -0.4 is 4.18 Å². The molecule has 14 nitrogen and oxygen atoms in total. The molecule has 1 aromatic carbocycles. The van der Waals surface area contributed by atoms with E-state index >= 15 is 0 Å². The summed E-state index contributed by atoms with van der Waals surface area (Å²) in [5.41, 5.74) is -0.740. The minimum Gasteiger partial charge on any atom is -0.376 e. The number of phosphoric acid groups is 2. The first-order chi connectivity index (χ1) is 14.9. The Balaban J connectivity index is 1.65. The number of fused-ring (bicyclic) bond motifs is 1. The second kappa shape index (κ2) is 9.34. The average molecular weight is 566 g/mol. The molecule has 6 atom stereocenters. The lowest BCUT2D eigenvalue weighted by molar-refractivity contribution is -0.0262. The minimum absolute atomic E-state index is 0.0188. The molecule has 20 heteroatoms. The van der Waals surface area contributed by atoms with Crippen LogP contribution in [0.5, 0.6) is 5.75 Å². The van der Waals surface area contributed by atoms with Gasteiger partial charge >= 0.3 is 32.8 Å². The Hall–Kier alpha value is -0.215. The van der Waals surface area contributed by atoms with Gasteiger partial charge in [0.1, 0.15) is 25.3 Å². The van der Waals surface area contributed by atoms with E-state index < -0.39 is 63.0 Å². The van der Waals surface area contributed by atoms with Crippen molar-refractivity contribution >= 4 is 52.4 Å². The Morgan fingerprint density at radius 2 is 1.76 bits per heavy atom. The summed E-state index contributed by atoms with van der Waals surface area (Å²) in [4.78, 5) is 36.8. The Labute approximate surface area is 195 Å². The van der Waals surface area contributed by atoms with Crippen LogP contribution >= 0.6 is 22.4 Å². The number of hydrogen-bond donors (Lipinski definition) is 4. The van der Waals surface area contributed by atoms with Gasteiger partial charge in [-0.15, -0.1) is 0 Å². The van der Waals surface area contributed by atoms with Crippen LogP contribution in [0.25, 0.3) is 0 Å². The van der Waals surface area contributed by atoms with Crippen molar-refractivity contribution in [3.63, 3.8) is 0 Å². The molecule has 1 aliphatic carbocycles. The maximum atomic E-state index is 12.3. The van der Waals surface area contributed by atoms with Gasteiger partial charge in [-0.05, 0) is 37.3 Å². The molecule has 184 valence electrons. The fraction of sp³-hybridized carbons (Fsp3) is 0.538. The van der Waals surface area contributed by atoms with Crippen LogP contribution in [0.15, 0.2) is 24.3 Å². The number of aryl methyl sites for hydroxylation is 1. The number of ether oxygens (including phenoxy) is 1. The van der Waals surface area contributed by atoms with E-state index in [9.17, 15) is 27.3 Å². The fourth-order valence-corrected chi connectivity index (χ4v) is 7.98. The lowest BCUT2D eigenvalue weighted by Gasteiger charge is -2.22. The summed E-state index contributed by atoms with van der Waals surface area (Å²) < 4.78 is 75.8. The molecule has 1 saturated carbocycles. The van der Waals surface area contributed by atoms with E-state index in [0.29, 0.717) is 0 Å². The van der Waals surface area contributed by atoms with Gasteiger partial charge in [-0.25, -0.2) is 17.6 Å². The van der Waals surface area contributed by atoms with Crippen LogP contribution in [0.2, 0.25) is 0 Å². The third kappa shape index (κ3) is 7.39. The SMILES string of the molecule is [B]C1CC2C(OS(=O)(=O)Oc3ccc(C)cc3)C2(COP(=O)(O)OP(=O)(O)OP(O)(O)=S)O1. The normalized spacial score (nSPS) is 30.8. The largest absolute Gasteiger partial charge is 0.488 e. The molecule has 0 aromatic heterocycles. The van der Waals surface area contributed by atoms with Gasteiger partial charge in [-0.1, -0.05) is 17.7 Å². The number of hydrogen-bond acceptors (Lipinski definition) is 11. The zero-order valence-electron chi connectivity index (χ0n) is 16.6. The summed E-state index contributed by atoms with van der Waals surface area (Å²) in [5, 5.41) is 0. The molecule has 0 bridgehead atoms. The van der Waals surface area contributed by atoms with Gasteiger partial charge in [0, 0.05) is 11.9 Å². The molecular weight excluding hydrogens is 548 g/mol. The summed E-state index contributed by atoms with van der Waals surface area (Å²) in [6.45, 7) is -3.79. The lowest BCUT2D eigenvalue weighted by atomic mass is 9.96. The molecule has 33 heavy (non-hydrogen) atoms. The first-order valence-corrected chi connectivity index (χ1v) is 15.8. The van der Waals surface area contributed by atoms with Crippen molar-refractivity contribution in [2.75, 3.05) is 6.61 Å². The first kappa shape index (κ1) is 27.4. The standard InChI is InChI=1S/C13H18BO14P3S2/c1-8-2-4-9(5-3-8)25-33(21,22)26-12-10-6-11(14)24-13(10,12)7-23-29(15,16)27-30(17,18)28-31(19,20)32/h2-5,10-12H,6-7H2,1H3,(H,15,16)(H,17,18)(H2,19,20,32).